The molecule has 0 aromatic carbocycles. The number of carbonyl (C=O) groups excluding carboxylic acids is 3. The van der Waals surface area contributed by atoms with Crippen molar-refractivity contribution in [3.8, 4) is 0 Å². The molecule has 6 N–H and O–H groups in total. The Morgan fingerprint density at radius 2 is 1.57 bits per heavy atom. The van der Waals surface area contributed by atoms with Crippen molar-refractivity contribution in [2.24, 2.45) is 11.5 Å². The molecule has 1 saturated heterocycles. The lowest BCUT2D eigenvalue weighted by atomic mass is 10.1. The number of piperidine rings is 1. The number of nitrogens with two attached hydrogens (primary N) is 2. The van der Waals surface area contributed by atoms with Gasteiger partial charge in [0.1, 0.15) is 5.60 Å². The Labute approximate surface area is 142 Å². The van der Waals surface area contributed by atoms with Gasteiger partial charge in [-0.1, -0.05) is 0 Å². The maximum Gasteiger partial charge on any atom is 0.410 e. The molecule has 136 valence electrons. The molecule has 1 aliphatic rings. The number of likely N-dealkylation sites (tertiary alicyclic amines) is 1. The average Bonchev–Trinajstić information content (AvgIpc) is 2.36. The number of nitrogens with zero attached hydrogens (tertiary/aromatic N) is 1. The standard InChI is InChI=1S/C12H23N3O3.CH4N2O.ClH/c1-12(2,3)18-11(17)15-7-5-9(6-8-15)14-10(16)13-4;2-1(3)4;/h9H,5-8H2,1-4H3,(H2,13,14,16);(H4,2,3,4);1H. The molecular weight excluding hydrogens is 326 g/mol. The summed E-state index contributed by atoms with van der Waals surface area (Å²) in [7, 11) is 1.59. The molecule has 0 saturated carbocycles. The van der Waals surface area contributed by atoms with Crippen LogP contribution in [-0.4, -0.2) is 54.8 Å². The largest absolute Gasteiger partial charge is 0.444 e. The highest BCUT2D eigenvalue weighted by molar-refractivity contribution is 5.85. The molecule has 9 nitrogen and oxygen atoms in total. The third-order valence-corrected chi connectivity index (χ3v) is 2.71. The van der Waals surface area contributed by atoms with Gasteiger partial charge < -0.3 is 31.7 Å². The van der Waals surface area contributed by atoms with Gasteiger partial charge in [0.2, 0.25) is 0 Å². The van der Waals surface area contributed by atoms with Crippen molar-refractivity contribution in [3.05, 3.63) is 0 Å². The average molecular weight is 354 g/mol. The van der Waals surface area contributed by atoms with E-state index in [0.29, 0.717) is 13.1 Å². The highest BCUT2D eigenvalue weighted by Gasteiger charge is 2.27. The van der Waals surface area contributed by atoms with Gasteiger partial charge in [-0.05, 0) is 33.6 Å². The van der Waals surface area contributed by atoms with E-state index in [1.165, 1.54) is 0 Å². The highest BCUT2D eigenvalue weighted by Crippen LogP contribution is 2.15. The summed E-state index contributed by atoms with van der Waals surface area (Å²) in [6.07, 6.45) is 1.24. The second kappa shape index (κ2) is 10.8. The van der Waals surface area contributed by atoms with Crippen molar-refractivity contribution in [3.63, 3.8) is 0 Å². The fraction of sp³-hybridized carbons (Fsp3) is 0.769. The second-order valence-corrected chi connectivity index (χ2v) is 5.87. The first-order chi connectivity index (χ1) is 10.0. The molecule has 1 aliphatic heterocycles. The fourth-order valence-electron chi connectivity index (χ4n) is 1.79. The smallest absolute Gasteiger partial charge is 0.410 e. The first kappa shape index (κ1) is 23.4. The fourth-order valence-corrected chi connectivity index (χ4v) is 1.79. The van der Waals surface area contributed by atoms with E-state index in [2.05, 4.69) is 22.1 Å². The van der Waals surface area contributed by atoms with Gasteiger partial charge in [-0.15, -0.1) is 12.4 Å². The van der Waals surface area contributed by atoms with Gasteiger partial charge in [0.15, 0.2) is 0 Å². The number of amides is 5. The predicted molar refractivity (Wildman–Crippen MR) is 89.4 cm³/mol. The summed E-state index contributed by atoms with van der Waals surface area (Å²) in [5.41, 5.74) is 8.04. The van der Waals surface area contributed by atoms with Crippen LogP contribution in [0.3, 0.4) is 0 Å². The molecule has 0 unspecified atom stereocenters. The summed E-state index contributed by atoms with van der Waals surface area (Å²) in [5, 5.41) is 5.37. The van der Waals surface area contributed by atoms with Crippen LogP contribution in [0.4, 0.5) is 14.4 Å². The molecule has 0 aliphatic carbocycles. The van der Waals surface area contributed by atoms with E-state index in [1.807, 2.05) is 20.8 Å². The van der Waals surface area contributed by atoms with Gasteiger partial charge in [0.05, 0.1) is 0 Å². The zero-order valence-electron chi connectivity index (χ0n) is 14.0. The van der Waals surface area contributed by atoms with Crippen molar-refractivity contribution < 1.29 is 19.1 Å². The number of hydrogen-bond donors (Lipinski definition) is 4. The minimum absolute atomic E-state index is 0. The zero-order valence-corrected chi connectivity index (χ0v) is 14.9. The third kappa shape index (κ3) is 12.3. The summed E-state index contributed by atoms with van der Waals surface area (Å²) in [5.74, 6) is 0. The Morgan fingerprint density at radius 3 is 1.91 bits per heavy atom. The molecule has 0 spiro atoms. The topological polar surface area (TPSA) is 140 Å². The minimum Gasteiger partial charge on any atom is -0.444 e. The van der Waals surface area contributed by atoms with Gasteiger partial charge in [-0.3, -0.25) is 0 Å². The van der Waals surface area contributed by atoms with Crippen molar-refractivity contribution in [1.82, 2.24) is 15.5 Å². The van der Waals surface area contributed by atoms with Crippen molar-refractivity contribution >= 4 is 30.6 Å². The molecule has 10 heteroatoms. The molecule has 0 aromatic heterocycles. The Kier molecular flexibility index (Phi) is 10.9. The van der Waals surface area contributed by atoms with Crippen LogP contribution in [0, 0.1) is 0 Å². The molecule has 0 atom stereocenters. The molecule has 0 bridgehead atoms. The third-order valence-electron chi connectivity index (χ3n) is 2.71. The Balaban J connectivity index is 0. The number of ether oxygens (including phenoxy) is 1. The van der Waals surface area contributed by atoms with Crippen LogP contribution in [-0.2, 0) is 4.74 Å². The van der Waals surface area contributed by atoms with Gasteiger partial charge in [0, 0.05) is 26.2 Å². The monoisotopic (exact) mass is 353 g/mol. The van der Waals surface area contributed by atoms with Gasteiger partial charge in [0.25, 0.3) is 0 Å². The molecule has 1 rings (SSSR count). The van der Waals surface area contributed by atoms with Crippen LogP contribution in [0.1, 0.15) is 33.6 Å². The van der Waals surface area contributed by atoms with E-state index in [-0.39, 0.29) is 30.6 Å². The van der Waals surface area contributed by atoms with Crippen molar-refractivity contribution in [1.29, 1.82) is 0 Å². The summed E-state index contributed by atoms with van der Waals surface area (Å²) in [6, 6.07) is -0.880. The van der Waals surface area contributed by atoms with Crippen LogP contribution in [0.2, 0.25) is 0 Å². The zero-order chi connectivity index (χ0) is 17.3. The molecule has 0 aromatic rings. The van der Waals surface area contributed by atoms with Crippen LogP contribution in [0.25, 0.3) is 0 Å². The van der Waals surface area contributed by atoms with Crippen LogP contribution in [0.5, 0.6) is 0 Å². The summed E-state index contributed by atoms with van der Waals surface area (Å²) in [6.45, 7) is 6.79. The Morgan fingerprint density at radius 1 is 1.13 bits per heavy atom. The van der Waals surface area contributed by atoms with Crippen LogP contribution < -0.4 is 22.1 Å². The quantitative estimate of drug-likeness (QED) is 0.552. The van der Waals surface area contributed by atoms with Crippen molar-refractivity contribution in [2.75, 3.05) is 20.1 Å². The number of primary amides is 2. The maximum atomic E-state index is 11.8. The van der Waals surface area contributed by atoms with Gasteiger partial charge in [-0.2, -0.15) is 0 Å². The number of hydrogen-bond acceptors (Lipinski definition) is 4. The van der Waals surface area contributed by atoms with Crippen LogP contribution >= 0.6 is 12.4 Å². The SMILES string of the molecule is CNC(=O)NC1CCN(C(=O)OC(C)(C)C)CC1.Cl.NC(N)=O. The Bertz CT molecular complexity index is 388. The van der Waals surface area contributed by atoms with E-state index in [1.54, 1.807) is 11.9 Å². The van der Waals surface area contributed by atoms with Crippen molar-refractivity contribution in [2.45, 2.75) is 45.3 Å². The maximum absolute atomic E-state index is 11.8. The van der Waals surface area contributed by atoms with Gasteiger partial charge >= 0.3 is 18.2 Å². The van der Waals surface area contributed by atoms with E-state index in [0.717, 1.165) is 12.8 Å². The lowest BCUT2D eigenvalue weighted by Crippen LogP contribution is -2.49. The lowest BCUT2D eigenvalue weighted by molar-refractivity contribution is 0.0201. The van der Waals surface area contributed by atoms with E-state index in [9.17, 15) is 9.59 Å². The molecular formula is C13H28ClN5O4. The summed E-state index contributed by atoms with van der Waals surface area (Å²) < 4.78 is 5.30. The number of rotatable bonds is 1. The normalized spacial score (nSPS) is 14.5. The molecule has 1 fully saturated rings. The predicted octanol–water partition coefficient (Wildman–Crippen LogP) is 0.761. The molecule has 23 heavy (non-hydrogen) atoms. The molecule has 5 amide bonds. The highest BCUT2D eigenvalue weighted by atomic mass is 35.5. The first-order valence-corrected chi connectivity index (χ1v) is 7.06. The number of nitrogens with one attached hydrogen (secondary N) is 2. The van der Waals surface area contributed by atoms with E-state index < -0.39 is 11.6 Å². The summed E-state index contributed by atoms with van der Waals surface area (Å²) >= 11 is 0. The minimum atomic E-state index is -0.833. The van der Waals surface area contributed by atoms with Crippen LogP contribution in [0.15, 0.2) is 0 Å². The number of urea groups is 2. The first-order valence-electron chi connectivity index (χ1n) is 7.06. The molecule has 1 heterocycles. The van der Waals surface area contributed by atoms with E-state index in [4.69, 9.17) is 9.53 Å². The van der Waals surface area contributed by atoms with Gasteiger partial charge in [-0.25, -0.2) is 14.4 Å². The van der Waals surface area contributed by atoms with E-state index >= 15 is 0 Å². The Hall–Kier alpha value is -1.90. The molecule has 0 radical (unpaired) electrons. The number of carbonyl (C=O) groups is 3. The second-order valence-electron chi connectivity index (χ2n) is 5.87. The lowest BCUT2D eigenvalue weighted by Gasteiger charge is -2.33. The number of halogens is 1. The summed E-state index contributed by atoms with van der Waals surface area (Å²) in [4.78, 5) is 33.6.